The average Bonchev–Trinajstić information content (AvgIpc) is 3.61. The normalized spacial score (nSPS) is 11.5. The van der Waals surface area contributed by atoms with Gasteiger partial charge >= 0.3 is 6.18 Å². The highest BCUT2D eigenvalue weighted by molar-refractivity contribution is 7.13. The molecule has 0 bridgehead atoms. The third kappa shape index (κ3) is 4.53. The number of anilines is 1. The lowest BCUT2D eigenvalue weighted by molar-refractivity contribution is -0.137. The predicted molar refractivity (Wildman–Crippen MR) is 122 cm³/mol. The lowest BCUT2D eigenvalue weighted by Gasteiger charge is -2.10. The lowest BCUT2D eigenvalue weighted by Crippen LogP contribution is -2.15. The maximum Gasteiger partial charge on any atom is 0.416 e. The molecule has 0 saturated heterocycles. The van der Waals surface area contributed by atoms with Gasteiger partial charge in [-0.2, -0.15) is 13.2 Å². The molecule has 0 aliphatic carbocycles. The molecule has 5 aromatic rings. The minimum absolute atomic E-state index is 0.131. The van der Waals surface area contributed by atoms with Gasteiger partial charge in [0.1, 0.15) is 6.33 Å². The number of carbonyl (C=O) groups excluding carboxylic acids is 1. The van der Waals surface area contributed by atoms with Crippen LogP contribution in [0.2, 0.25) is 0 Å². The number of alkyl halides is 3. The van der Waals surface area contributed by atoms with E-state index in [1.54, 1.807) is 35.7 Å². The Morgan fingerprint density at radius 3 is 2.63 bits per heavy atom. The Hall–Kier alpha value is -4.39. The molecule has 1 amide bonds. The maximum absolute atomic E-state index is 13.3. The summed E-state index contributed by atoms with van der Waals surface area (Å²) < 4.78 is 42.5. The number of halogens is 3. The first-order valence-corrected chi connectivity index (χ1v) is 11.0. The minimum Gasteiger partial charge on any atom is -0.319 e. The summed E-state index contributed by atoms with van der Waals surface area (Å²) >= 11 is 1.33. The van der Waals surface area contributed by atoms with E-state index in [0.717, 1.165) is 17.7 Å². The van der Waals surface area contributed by atoms with E-state index in [-0.39, 0.29) is 17.3 Å². The second-order valence-electron chi connectivity index (χ2n) is 7.40. The van der Waals surface area contributed by atoms with Crippen molar-refractivity contribution >= 4 is 22.9 Å². The Bertz CT molecular complexity index is 1490. The molecule has 0 aliphatic rings. The largest absolute Gasteiger partial charge is 0.416 e. The zero-order chi connectivity index (χ0) is 24.6. The molecule has 35 heavy (non-hydrogen) atoms. The molecule has 176 valence electrons. The number of amides is 1. The van der Waals surface area contributed by atoms with Crippen molar-refractivity contribution in [3.05, 3.63) is 83.3 Å². The van der Waals surface area contributed by atoms with E-state index in [0.29, 0.717) is 16.3 Å². The maximum atomic E-state index is 13.3. The molecule has 0 atom stereocenters. The van der Waals surface area contributed by atoms with Crippen LogP contribution in [0.4, 0.5) is 18.9 Å². The zero-order valence-corrected chi connectivity index (χ0v) is 18.7. The Morgan fingerprint density at radius 1 is 1.06 bits per heavy atom. The molecule has 3 heterocycles. The van der Waals surface area contributed by atoms with Gasteiger partial charge in [-0.15, -0.1) is 21.5 Å². The van der Waals surface area contributed by atoms with Gasteiger partial charge in [-0.25, -0.2) is 14.3 Å². The molecule has 0 spiro atoms. The van der Waals surface area contributed by atoms with Crippen molar-refractivity contribution < 1.29 is 18.0 Å². The van der Waals surface area contributed by atoms with Crippen molar-refractivity contribution in [2.45, 2.75) is 13.1 Å². The van der Waals surface area contributed by atoms with Crippen molar-refractivity contribution in [2.24, 2.45) is 0 Å². The Morgan fingerprint density at radius 2 is 1.91 bits per heavy atom. The van der Waals surface area contributed by atoms with Crippen molar-refractivity contribution in [2.75, 3.05) is 5.32 Å². The zero-order valence-electron chi connectivity index (χ0n) is 17.9. The van der Waals surface area contributed by atoms with Gasteiger partial charge in [0.25, 0.3) is 5.91 Å². The van der Waals surface area contributed by atoms with E-state index in [9.17, 15) is 18.0 Å². The summed E-state index contributed by atoms with van der Waals surface area (Å²) in [6, 6.07) is 13.5. The highest BCUT2D eigenvalue weighted by Crippen LogP contribution is 2.32. The molecular formula is C22H15F3N8OS. The average molecular weight is 496 g/mol. The van der Waals surface area contributed by atoms with Crippen molar-refractivity contribution in [1.82, 2.24) is 35.0 Å². The van der Waals surface area contributed by atoms with Crippen LogP contribution >= 0.6 is 11.3 Å². The van der Waals surface area contributed by atoms with E-state index >= 15 is 0 Å². The predicted octanol–water partition coefficient (Wildman–Crippen LogP) is 4.55. The fourth-order valence-corrected chi connectivity index (χ4v) is 4.01. The number of tetrazole rings is 1. The smallest absolute Gasteiger partial charge is 0.319 e. The van der Waals surface area contributed by atoms with Crippen LogP contribution in [-0.2, 0) is 6.18 Å². The number of benzene rings is 2. The number of nitrogens with zero attached hydrogens (tertiary/aromatic N) is 7. The molecule has 0 radical (unpaired) electrons. The van der Waals surface area contributed by atoms with Gasteiger partial charge in [-0.05, 0) is 64.7 Å². The number of aryl methyl sites for hydroxylation is 1. The second-order valence-corrected chi connectivity index (χ2v) is 8.35. The molecule has 13 heteroatoms. The van der Waals surface area contributed by atoms with Crippen molar-refractivity contribution in [3.63, 3.8) is 0 Å². The van der Waals surface area contributed by atoms with E-state index in [1.807, 2.05) is 6.92 Å². The molecule has 0 aliphatic heterocycles. The van der Waals surface area contributed by atoms with Crippen LogP contribution < -0.4 is 5.32 Å². The fraction of sp³-hybridized carbons (Fsp3) is 0.0909. The number of carbonyl (C=O) groups is 1. The van der Waals surface area contributed by atoms with Crippen molar-refractivity contribution in [1.29, 1.82) is 0 Å². The molecule has 0 unspecified atom stereocenters. The third-order valence-electron chi connectivity index (χ3n) is 5.05. The van der Waals surface area contributed by atoms with Crippen LogP contribution in [-0.4, -0.2) is 40.9 Å². The summed E-state index contributed by atoms with van der Waals surface area (Å²) in [7, 11) is 0. The lowest BCUT2D eigenvalue weighted by atomic mass is 10.2. The molecule has 0 saturated carbocycles. The SMILES string of the molecule is Cc1ccc(-n2cnnn2)cc1NC(=O)c1nc(-c2cccs2)n(-c2cccc(C(F)(F)F)c2)n1. The van der Waals surface area contributed by atoms with Gasteiger partial charge in [0.05, 0.1) is 21.8 Å². The molecular weight excluding hydrogens is 481 g/mol. The van der Waals surface area contributed by atoms with Gasteiger partial charge in [-0.3, -0.25) is 4.79 Å². The van der Waals surface area contributed by atoms with Gasteiger partial charge in [0, 0.05) is 5.69 Å². The van der Waals surface area contributed by atoms with Crippen molar-refractivity contribution in [3.8, 4) is 22.1 Å². The molecule has 0 fully saturated rings. The number of thiophene rings is 1. The highest BCUT2D eigenvalue weighted by Gasteiger charge is 2.31. The number of rotatable bonds is 5. The van der Waals surface area contributed by atoms with Gasteiger partial charge in [-0.1, -0.05) is 18.2 Å². The molecule has 9 nitrogen and oxygen atoms in total. The Kier molecular flexibility index (Phi) is 5.61. The number of hydrogen-bond donors (Lipinski definition) is 1. The first kappa shape index (κ1) is 22.4. The molecule has 3 aromatic heterocycles. The Balaban J connectivity index is 1.52. The van der Waals surface area contributed by atoms with E-state index in [1.165, 1.54) is 39.2 Å². The van der Waals surface area contributed by atoms with Crippen LogP contribution in [0, 0.1) is 6.92 Å². The van der Waals surface area contributed by atoms with Gasteiger partial charge in [0.2, 0.25) is 5.82 Å². The topological polar surface area (TPSA) is 103 Å². The van der Waals surface area contributed by atoms with Crippen LogP contribution in [0.5, 0.6) is 0 Å². The third-order valence-corrected chi connectivity index (χ3v) is 5.92. The van der Waals surface area contributed by atoms with Crippen LogP contribution in [0.1, 0.15) is 21.7 Å². The number of nitrogens with one attached hydrogen (secondary N) is 1. The number of aromatic nitrogens is 7. The first-order valence-electron chi connectivity index (χ1n) is 10.1. The van der Waals surface area contributed by atoms with E-state index in [4.69, 9.17) is 0 Å². The first-order chi connectivity index (χ1) is 16.8. The summed E-state index contributed by atoms with van der Waals surface area (Å²) in [6.45, 7) is 1.81. The summed E-state index contributed by atoms with van der Waals surface area (Å²) in [5.74, 6) is -0.563. The summed E-state index contributed by atoms with van der Waals surface area (Å²) in [5.41, 5.74) is 1.18. The highest BCUT2D eigenvalue weighted by atomic mass is 32.1. The summed E-state index contributed by atoms with van der Waals surface area (Å²) in [4.78, 5) is 18.1. The quantitative estimate of drug-likeness (QED) is 0.383. The minimum atomic E-state index is -4.53. The number of hydrogen-bond acceptors (Lipinski definition) is 7. The Labute approximate surface area is 199 Å². The monoisotopic (exact) mass is 496 g/mol. The fourth-order valence-electron chi connectivity index (χ4n) is 3.31. The molecule has 1 N–H and O–H groups in total. The van der Waals surface area contributed by atoms with Crippen LogP contribution in [0.15, 0.2) is 66.3 Å². The van der Waals surface area contributed by atoms with E-state index in [2.05, 4.69) is 30.9 Å². The van der Waals surface area contributed by atoms with Crippen LogP contribution in [0.3, 0.4) is 0 Å². The van der Waals surface area contributed by atoms with Gasteiger partial charge in [0.15, 0.2) is 5.82 Å². The summed E-state index contributed by atoms with van der Waals surface area (Å²) in [6.07, 6.45) is -3.11. The standard InChI is InChI=1S/C22H15F3N8OS/c1-13-7-8-15(32-12-26-30-31-32)11-17(13)27-21(34)19-28-20(18-6-3-9-35-18)33(29-19)16-5-2-4-14(10-16)22(23,24)25/h2-12H,1H3,(H,27,34). The van der Waals surface area contributed by atoms with E-state index < -0.39 is 17.6 Å². The van der Waals surface area contributed by atoms with Gasteiger partial charge < -0.3 is 5.32 Å². The molecule has 2 aromatic carbocycles. The molecule has 5 rings (SSSR count). The second kappa shape index (κ2) is 8.76. The summed E-state index contributed by atoms with van der Waals surface area (Å²) in [5, 5.41) is 19.8. The van der Waals surface area contributed by atoms with Crippen LogP contribution in [0.25, 0.3) is 22.1 Å².